The zero-order chi connectivity index (χ0) is 5.98. The van der Waals surface area contributed by atoms with E-state index < -0.39 is 0 Å². The van der Waals surface area contributed by atoms with Crippen LogP contribution in [-0.4, -0.2) is 17.1 Å². The molecule has 0 bridgehead atoms. The van der Waals surface area contributed by atoms with Crippen LogP contribution >= 0.6 is 0 Å². The topological polar surface area (TPSA) is 0 Å². The molecule has 0 aromatic heterocycles. The maximum absolute atomic E-state index is 2.12. The molecule has 1 rings (SSSR count). The minimum Gasteiger partial charge on any atom is -0.0591 e. The Morgan fingerprint density at radius 1 is 0.778 bits per heavy atom. The van der Waals surface area contributed by atoms with Crippen molar-refractivity contribution in [1.29, 1.82) is 0 Å². The number of aryl methyl sites for hydroxylation is 2. The van der Waals surface area contributed by atoms with Crippen molar-refractivity contribution < 1.29 is 0 Å². The van der Waals surface area contributed by atoms with E-state index in [0.717, 1.165) is 0 Å². The molecule has 0 aliphatic carbocycles. The normalized spacial score (nSPS) is 8.22. The summed E-state index contributed by atoms with van der Waals surface area (Å²) >= 11 is 0. The van der Waals surface area contributed by atoms with Gasteiger partial charge in [0.1, 0.15) is 0 Å². The first kappa shape index (κ1) is 8.74. The number of hydrogen-bond acceptors (Lipinski definition) is 0. The summed E-state index contributed by atoms with van der Waals surface area (Å²) in [5.41, 5.74) is 2.66. The van der Waals surface area contributed by atoms with Crippen molar-refractivity contribution in [1.82, 2.24) is 0 Å². The van der Waals surface area contributed by atoms with Gasteiger partial charge in [-0.2, -0.15) is 0 Å². The van der Waals surface area contributed by atoms with Crippen molar-refractivity contribution in [2.75, 3.05) is 0 Å². The molecule has 0 saturated carbocycles. The molecule has 0 atom stereocenters. The van der Waals surface area contributed by atoms with Crippen molar-refractivity contribution in [3.8, 4) is 0 Å². The molecule has 1 aromatic carbocycles. The van der Waals surface area contributed by atoms with Gasteiger partial charge in [-0.1, -0.05) is 35.4 Å². The largest absolute Gasteiger partial charge is 0.0591 e. The summed E-state index contributed by atoms with van der Waals surface area (Å²) in [4.78, 5) is 0. The van der Waals surface area contributed by atoms with E-state index in [1.165, 1.54) is 11.1 Å². The van der Waals surface area contributed by atoms with E-state index in [4.69, 9.17) is 0 Å². The Hall–Kier alpha value is -0.261. The van der Waals surface area contributed by atoms with Crippen molar-refractivity contribution >= 4 is 17.1 Å². The summed E-state index contributed by atoms with van der Waals surface area (Å²) in [5.74, 6) is 0. The standard InChI is InChI=1S/C8H10.Se/c1-7-3-5-8(2)6-4-7;/h3-6H,1-2H3;. The summed E-state index contributed by atoms with van der Waals surface area (Å²) in [7, 11) is 0. The summed E-state index contributed by atoms with van der Waals surface area (Å²) < 4.78 is 0. The average Bonchev–Trinajstić information content (AvgIpc) is 1.77. The Balaban J connectivity index is 0.000000640. The fourth-order valence-electron chi connectivity index (χ4n) is 0.637. The molecule has 1 aromatic rings. The first-order valence-corrected chi connectivity index (χ1v) is 2.82. The molecule has 48 valence electrons. The average molecular weight is 185 g/mol. The molecule has 0 spiro atoms. The fourth-order valence-corrected chi connectivity index (χ4v) is 0.637. The van der Waals surface area contributed by atoms with Gasteiger partial charge in [-0.25, -0.2) is 0 Å². The van der Waals surface area contributed by atoms with E-state index in [9.17, 15) is 0 Å². The first-order chi connectivity index (χ1) is 3.79. The minimum absolute atomic E-state index is 0. The van der Waals surface area contributed by atoms with Gasteiger partial charge in [0.25, 0.3) is 0 Å². The van der Waals surface area contributed by atoms with E-state index in [1.54, 1.807) is 0 Å². The van der Waals surface area contributed by atoms with Gasteiger partial charge in [0, 0.05) is 17.1 Å². The fraction of sp³-hybridized carbons (Fsp3) is 0.250. The SMILES string of the molecule is Cc1ccc(C)cc1.[Se]. The quantitative estimate of drug-likeness (QED) is 0.542. The van der Waals surface area contributed by atoms with Crippen LogP contribution in [-0.2, 0) is 0 Å². The third-order valence-electron chi connectivity index (χ3n) is 1.22. The molecule has 0 aliphatic heterocycles. The zero-order valence-corrected chi connectivity index (χ0v) is 7.43. The van der Waals surface area contributed by atoms with Crippen molar-refractivity contribution in [2.24, 2.45) is 0 Å². The molecular formula is C8H10Se. The monoisotopic (exact) mass is 186 g/mol. The first-order valence-electron chi connectivity index (χ1n) is 2.82. The van der Waals surface area contributed by atoms with Crippen LogP contribution in [0, 0.1) is 13.8 Å². The Morgan fingerprint density at radius 3 is 1.22 bits per heavy atom. The molecule has 0 heterocycles. The van der Waals surface area contributed by atoms with E-state index >= 15 is 0 Å². The van der Waals surface area contributed by atoms with Crippen LogP contribution in [0.3, 0.4) is 0 Å². The summed E-state index contributed by atoms with van der Waals surface area (Å²) in [6.45, 7) is 4.19. The molecule has 0 N–H and O–H groups in total. The van der Waals surface area contributed by atoms with Crippen molar-refractivity contribution in [2.45, 2.75) is 13.8 Å². The van der Waals surface area contributed by atoms with E-state index in [-0.39, 0.29) is 17.1 Å². The third kappa shape index (κ3) is 2.69. The number of benzene rings is 1. The van der Waals surface area contributed by atoms with Crippen LogP contribution in [0.4, 0.5) is 0 Å². The maximum atomic E-state index is 2.12. The molecule has 0 fully saturated rings. The smallest absolute Gasteiger partial charge is 0 e. The molecule has 0 aliphatic rings. The second-order valence-electron chi connectivity index (χ2n) is 2.15. The van der Waals surface area contributed by atoms with Gasteiger partial charge >= 0.3 is 0 Å². The molecule has 2 radical (unpaired) electrons. The molecule has 0 nitrogen and oxygen atoms in total. The van der Waals surface area contributed by atoms with Crippen molar-refractivity contribution in [3.05, 3.63) is 35.4 Å². The molecule has 0 saturated heterocycles. The summed E-state index contributed by atoms with van der Waals surface area (Å²) in [6.07, 6.45) is 0. The van der Waals surface area contributed by atoms with Gasteiger partial charge in [0.15, 0.2) is 0 Å². The third-order valence-corrected chi connectivity index (χ3v) is 1.22. The molecule has 0 unspecified atom stereocenters. The van der Waals surface area contributed by atoms with Gasteiger partial charge in [0.05, 0.1) is 0 Å². The van der Waals surface area contributed by atoms with E-state index in [0.29, 0.717) is 0 Å². The van der Waals surface area contributed by atoms with Crippen LogP contribution in [0.1, 0.15) is 11.1 Å². The van der Waals surface area contributed by atoms with Gasteiger partial charge in [-0.15, -0.1) is 0 Å². The Morgan fingerprint density at radius 2 is 1.00 bits per heavy atom. The van der Waals surface area contributed by atoms with E-state index in [2.05, 4.69) is 38.1 Å². The van der Waals surface area contributed by atoms with Crippen LogP contribution in [0.15, 0.2) is 24.3 Å². The Kier molecular flexibility index (Phi) is 3.60. The predicted molar refractivity (Wildman–Crippen MR) is 41.7 cm³/mol. The van der Waals surface area contributed by atoms with Crippen LogP contribution in [0.25, 0.3) is 0 Å². The van der Waals surface area contributed by atoms with Gasteiger partial charge in [0.2, 0.25) is 0 Å². The Labute approximate surface area is 66.8 Å². The van der Waals surface area contributed by atoms with Gasteiger partial charge < -0.3 is 0 Å². The molecular weight excluding hydrogens is 175 g/mol. The van der Waals surface area contributed by atoms with E-state index in [1.807, 2.05) is 0 Å². The number of hydrogen-bond donors (Lipinski definition) is 0. The van der Waals surface area contributed by atoms with Crippen LogP contribution in [0.5, 0.6) is 0 Å². The predicted octanol–water partition coefficient (Wildman–Crippen LogP) is 1.92. The van der Waals surface area contributed by atoms with Crippen LogP contribution < -0.4 is 0 Å². The zero-order valence-electron chi connectivity index (χ0n) is 5.72. The maximum Gasteiger partial charge on any atom is 0 e. The second kappa shape index (κ2) is 3.71. The van der Waals surface area contributed by atoms with Crippen LogP contribution in [0.2, 0.25) is 0 Å². The van der Waals surface area contributed by atoms with Gasteiger partial charge in [-0.05, 0) is 13.8 Å². The summed E-state index contributed by atoms with van der Waals surface area (Å²) in [6, 6.07) is 8.48. The molecule has 9 heavy (non-hydrogen) atoms. The molecule has 1 heteroatoms. The second-order valence-corrected chi connectivity index (χ2v) is 2.15. The number of rotatable bonds is 0. The summed E-state index contributed by atoms with van der Waals surface area (Å²) in [5, 5.41) is 0. The minimum atomic E-state index is 0. The van der Waals surface area contributed by atoms with Gasteiger partial charge in [-0.3, -0.25) is 0 Å². The van der Waals surface area contributed by atoms with Crippen molar-refractivity contribution in [3.63, 3.8) is 0 Å². The molecule has 0 amide bonds. The Bertz CT molecular complexity index is 143.